The lowest BCUT2D eigenvalue weighted by atomic mass is 9.95. The Kier molecular flexibility index (Phi) is 6.36. The summed E-state index contributed by atoms with van der Waals surface area (Å²) in [6.07, 6.45) is 9.67. The molecule has 0 aromatic heterocycles. The molecule has 0 amide bonds. The molecule has 1 saturated carbocycles. The molecule has 0 radical (unpaired) electrons. The third kappa shape index (κ3) is 5.43. The van der Waals surface area contributed by atoms with E-state index in [1.165, 1.54) is 25.7 Å². The summed E-state index contributed by atoms with van der Waals surface area (Å²) in [5.74, 6) is 0.788. The van der Waals surface area contributed by atoms with E-state index >= 15 is 0 Å². The van der Waals surface area contributed by atoms with Crippen LogP contribution in [0.15, 0.2) is 0 Å². The van der Waals surface area contributed by atoms with Crippen molar-refractivity contribution in [3.05, 3.63) is 0 Å². The van der Waals surface area contributed by atoms with Crippen molar-refractivity contribution in [1.82, 2.24) is 0 Å². The normalized spacial score (nSPS) is 26.7. The van der Waals surface area contributed by atoms with E-state index in [0.29, 0.717) is 18.0 Å². The van der Waals surface area contributed by atoms with E-state index in [2.05, 4.69) is 0 Å². The zero-order valence-electron chi connectivity index (χ0n) is 10.5. The van der Waals surface area contributed by atoms with Crippen LogP contribution in [0.5, 0.6) is 0 Å². The van der Waals surface area contributed by atoms with Crippen molar-refractivity contribution in [3.8, 4) is 0 Å². The Balaban J connectivity index is 2.39. The first-order valence-electron chi connectivity index (χ1n) is 6.74. The summed E-state index contributed by atoms with van der Waals surface area (Å²) in [5, 5.41) is 0. The Labute approximate surface area is 98.8 Å². The van der Waals surface area contributed by atoms with Crippen LogP contribution in [0, 0.1) is 5.92 Å². The van der Waals surface area contributed by atoms with Gasteiger partial charge in [-0.2, -0.15) is 0 Å². The van der Waals surface area contributed by atoms with E-state index in [1.54, 1.807) is 0 Å². The number of hydrogen-bond acceptors (Lipinski definition) is 2. The second kappa shape index (κ2) is 7.59. The Hall–Kier alpha value is -0.660. The molecule has 2 heteroatoms. The highest BCUT2D eigenvalue weighted by atomic mass is 16.1. The maximum atomic E-state index is 11.7. The smallest absolute Gasteiger partial charge is 0.135 e. The first-order valence-corrected chi connectivity index (χ1v) is 6.74. The summed E-state index contributed by atoms with van der Waals surface area (Å²) in [4.78, 5) is 23.2. The molecule has 0 saturated heterocycles. The SMILES string of the molecule is CC1CCC(=O)CCCCCCCCC1=O. The summed E-state index contributed by atoms with van der Waals surface area (Å²) in [6, 6.07) is 0. The van der Waals surface area contributed by atoms with E-state index in [-0.39, 0.29) is 5.92 Å². The van der Waals surface area contributed by atoms with Gasteiger partial charge in [0.15, 0.2) is 0 Å². The molecule has 1 unspecified atom stereocenters. The molecule has 0 aromatic rings. The van der Waals surface area contributed by atoms with Crippen LogP contribution >= 0.6 is 0 Å². The van der Waals surface area contributed by atoms with Crippen molar-refractivity contribution >= 4 is 11.6 Å². The van der Waals surface area contributed by atoms with E-state index in [9.17, 15) is 9.59 Å². The van der Waals surface area contributed by atoms with Gasteiger partial charge in [0.2, 0.25) is 0 Å². The fourth-order valence-corrected chi connectivity index (χ4v) is 2.24. The summed E-state index contributed by atoms with van der Waals surface area (Å²) in [6.45, 7) is 1.97. The number of carbonyl (C=O) groups excluding carboxylic acids is 2. The lowest BCUT2D eigenvalue weighted by Crippen LogP contribution is -2.12. The molecule has 1 fully saturated rings. The van der Waals surface area contributed by atoms with Gasteiger partial charge in [-0.05, 0) is 19.3 Å². The van der Waals surface area contributed by atoms with Crippen LogP contribution < -0.4 is 0 Å². The molecule has 0 bridgehead atoms. The van der Waals surface area contributed by atoms with Gasteiger partial charge in [-0.15, -0.1) is 0 Å². The highest BCUT2D eigenvalue weighted by Gasteiger charge is 2.14. The second-order valence-electron chi connectivity index (χ2n) is 5.07. The van der Waals surface area contributed by atoms with Crippen molar-refractivity contribution in [2.75, 3.05) is 0 Å². The van der Waals surface area contributed by atoms with E-state index < -0.39 is 0 Å². The Morgan fingerprint density at radius 1 is 0.812 bits per heavy atom. The van der Waals surface area contributed by atoms with Crippen LogP contribution in [-0.2, 0) is 9.59 Å². The van der Waals surface area contributed by atoms with Gasteiger partial charge in [0.05, 0.1) is 0 Å². The Morgan fingerprint density at radius 2 is 1.38 bits per heavy atom. The van der Waals surface area contributed by atoms with Crippen molar-refractivity contribution in [2.24, 2.45) is 5.92 Å². The second-order valence-corrected chi connectivity index (χ2v) is 5.07. The predicted molar refractivity (Wildman–Crippen MR) is 65.3 cm³/mol. The van der Waals surface area contributed by atoms with Crippen LogP contribution in [0.1, 0.15) is 71.1 Å². The molecule has 1 atom stereocenters. The first-order chi connectivity index (χ1) is 7.70. The van der Waals surface area contributed by atoms with Gasteiger partial charge < -0.3 is 0 Å². The molecular weight excluding hydrogens is 200 g/mol. The number of ketones is 2. The topological polar surface area (TPSA) is 34.1 Å². The van der Waals surface area contributed by atoms with Gasteiger partial charge >= 0.3 is 0 Å². The molecule has 0 heterocycles. The maximum Gasteiger partial charge on any atom is 0.135 e. The molecule has 16 heavy (non-hydrogen) atoms. The number of hydrogen-bond donors (Lipinski definition) is 0. The third-order valence-electron chi connectivity index (χ3n) is 3.53. The highest BCUT2D eigenvalue weighted by Crippen LogP contribution is 2.16. The van der Waals surface area contributed by atoms with Crippen molar-refractivity contribution in [1.29, 1.82) is 0 Å². The average molecular weight is 224 g/mol. The molecule has 1 aliphatic rings. The Bertz CT molecular complexity index is 233. The summed E-state index contributed by atoms with van der Waals surface area (Å²) < 4.78 is 0. The molecular formula is C14H24O2. The number of rotatable bonds is 0. The van der Waals surface area contributed by atoms with Crippen LogP contribution in [-0.4, -0.2) is 11.6 Å². The van der Waals surface area contributed by atoms with Gasteiger partial charge in [0.25, 0.3) is 0 Å². The average Bonchev–Trinajstić information content (AvgIpc) is 2.29. The van der Waals surface area contributed by atoms with E-state index in [0.717, 1.165) is 32.1 Å². The minimum absolute atomic E-state index is 0.0877. The van der Waals surface area contributed by atoms with E-state index in [4.69, 9.17) is 0 Å². The van der Waals surface area contributed by atoms with Crippen molar-refractivity contribution < 1.29 is 9.59 Å². The van der Waals surface area contributed by atoms with Crippen LogP contribution in [0.3, 0.4) is 0 Å². The van der Waals surface area contributed by atoms with Gasteiger partial charge in [-0.25, -0.2) is 0 Å². The zero-order chi connectivity index (χ0) is 11.8. The standard InChI is InChI=1S/C14H24O2/c1-12-10-11-13(15)8-6-4-2-3-5-7-9-14(12)16/h12H,2-11H2,1H3. The lowest BCUT2D eigenvalue weighted by molar-refractivity contribution is -0.123. The number of Topliss-reactive ketones (excluding diaryl/α,β-unsaturated/α-hetero) is 2. The fraction of sp³-hybridized carbons (Fsp3) is 0.857. The molecule has 0 aromatic carbocycles. The third-order valence-corrected chi connectivity index (χ3v) is 3.53. The van der Waals surface area contributed by atoms with Crippen LogP contribution in [0.4, 0.5) is 0 Å². The molecule has 2 nitrogen and oxygen atoms in total. The molecule has 92 valence electrons. The maximum absolute atomic E-state index is 11.7. The van der Waals surface area contributed by atoms with Gasteiger partial charge in [-0.3, -0.25) is 9.59 Å². The molecule has 1 rings (SSSR count). The van der Waals surface area contributed by atoms with Crippen molar-refractivity contribution in [3.63, 3.8) is 0 Å². The predicted octanol–water partition coefficient (Wildman–Crippen LogP) is 3.68. The van der Waals surface area contributed by atoms with Gasteiger partial charge in [0.1, 0.15) is 11.6 Å². The highest BCUT2D eigenvalue weighted by molar-refractivity contribution is 5.82. The molecule has 0 spiro atoms. The summed E-state index contributed by atoms with van der Waals surface area (Å²) in [7, 11) is 0. The largest absolute Gasteiger partial charge is 0.300 e. The molecule has 0 N–H and O–H groups in total. The number of carbonyl (C=O) groups is 2. The molecule has 0 aliphatic heterocycles. The Morgan fingerprint density at radius 3 is 2.06 bits per heavy atom. The van der Waals surface area contributed by atoms with Crippen molar-refractivity contribution in [2.45, 2.75) is 71.1 Å². The molecule has 1 aliphatic carbocycles. The van der Waals surface area contributed by atoms with E-state index in [1.807, 2.05) is 6.92 Å². The summed E-state index contributed by atoms with van der Waals surface area (Å²) in [5.41, 5.74) is 0. The summed E-state index contributed by atoms with van der Waals surface area (Å²) >= 11 is 0. The van der Waals surface area contributed by atoms with Gasteiger partial charge in [0, 0.05) is 25.2 Å². The quantitative estimate of drug-likeness (QED) is 0.629. The minimum Gasteiger partial charge on any atom is -0.300 e. The first kappa shape index (κ1) is 13.4. The van der Waals surface area contributed by atoms with Crippen LogP contribution in [0.25, 0.3) is 0 Å². The van der Waals surface area contributed by atoms with Crippen LogP contribution in [0.2, 0.25) is 0 Å². The zero-order valence-corrected chi connectivity index (χ0v) is 10.5. The monoisotopic (exact) mass is 224 g/mol. The van der Waals surface area contributed by atoms with Gasteiger partial charge in [-0.1, -0.05) is 32.6 Å². The fourth-order valence-electron chi connectivity index (χ4n) is 2.24. The lowest BCUT2D eigenvalue weighted by Gasteiger charge is -2.09. The minimum atomic E-state index is 0.0877.